The summed E-state index contributed by atoms with van der Waals surface area (Å²) in [5.74, 6) is -1.11. The molecule has 1 unspecified atom stereocenters. The lowest BCUT2D eigenvalue weighted by Gasteiger charge is -2.14. The first-order valence-electron chi connectivity index (χ1n) is 3.55. The Labute approximate surface area is 70.0 Å². The molecule has 6 nitrogen and oxygen atoms in total. The van der Waals surface area contributed by atoms with Crippen LogP contribution < -0.4 is 11.1 Å². The van der Waals surface area contributed by atoms with Gasteiger partial charge in [-0.25, -0.2) is 0 Å². The highest BCUT2D eigenvalue weighted by molar-refractivity contribution is 5.73. The zero-order chi connectivity index (χ0) is 9.56. The maximum Gasteiger partial charge on any atom is 0.321 e. The van der Waals surface area contributed by atoms with Gasteiger partial charge < -0.3 is 26.4 Å². The number of aliphatic hydroxyl groups excluding tert-OH is 2. The fourth-order valence-corrected chi connectivity index (χ4v) is 0.568. The summed E-state index contributed by atoms with van der Waals surface area (Å²) in [5, 5.41) is 28.1. The van der Waals surface area contributed by atoms with Crippen molar-refractivity contribution in [2.24, 2.45) is 5.73 Å². The lowest BCUT2D eigenvalue weighted by Crippen LogP contribution is -2.46. The average molecular weight is 178 g/mol. The summed E-state index contributed by atoms with van der Waals surface area (Å²) < 4.78 is 0. The maximum absolute atomic E-state index is 10.2. The number of carboxylic acid groups (broad SMARTS) is 1. The zero-order valence-electron chi connectivity index (χ0n) is 6.60. The number of hydrogen-bond donors (Lipinski definition) is 5. The molecule has 0 aliphatic heterocycles. The van der Waals surface area contributed by atoms with E-state index >= 15 is 0 Å². The monoisotopic (exact) mass is 178 g/mol. The summed E-state index contributed by atoms with van der Waals surface area (Å²) in [6, 6.07) is -1.51. The highest BCUT2D eigenvalue weighted by Gasteiger charge is 2.13. The number of nitrogens with two attached hydrogens (primary N) is 1. The topological polar surface area (TPSA) is 116 Å². The lowest BCUT2D eigenvalue weighted by molar-refractivity contribution is -0.138. The van der Waals surface area contributed by atoms with Gasteiger partial charge in [0, 0.05) is 6.54 Å². The van der Waals surface area contributed by atoms with Crippen molar-refractivity contribution in [2.75, 3.05) is 19.8 Å². The molecule has 0 heterocycles. The van der Waals surface area contributed by atoms with E-state index in [9.17, 15) is 4.79 Å². The quantitative estimate of drug-likeness (QED) is 0.303. The lowest BCUT2D eigenvalue weighted by atomic mass is 10.2. The van der Waals surface area contributed by atoms with Crippen molar-refractivity contribution in [2.45, 2.75) is 12.1 Å². The van der Waals surface area contributed by atoms with Crippen molar-refractivity contribution in [1.29, 1.82) is 0 Å². The standard InChI is InChI=1S/C6H14N2O4/c7-5(6(11)12)1-8-4(2-9)3-10/h4-5,8-10H,1-3,7H2,(H,11,12). The fraction of sp³-hybridized carbons (Fsp3) is 0.833. The molecule has 0 fully saturated rings. The van der Waals surface area contributed by atoms with E-state index in [4.69, 9.17) is 21.1 Å². The van der Waals surface area contributed by atoms with Crippen LogP contribution in [0.4, 0.5) is 0 Å². The number of rotatable bonds is 6. The molecule has 12 heavy (non-hydrogen) atoms. The first-order valence-corrected chi connectivity index (χ1v) is 3.55. The average Bonchev–Trinajstić information content (AvgIpc) is 2.05. The molecular weight excluding hydrogens is 164 g/mol. The van der Waals surface area contributed by atoms with Gasteiger partial charge >= 0.3 is 5.97 Å². The van der Waals surface area contributed by atoms with Gasteiger partial charge in [0.15, 0.2) is 0 Å². The molecule has 0 aromatic heterocycles. The minimum absolute atomic E-state index is 0.0289. The van der Waals surface area contributed by atoms with Gasteiger partial charge in [0.25, 0.3) is 0 Å². The van der Waals surface area contributed by atoms with Gasteiger partial charge in [-0.3, -0.25) is 4.79 Å². The third-order valence-corrected chi connectivity index (χ3v) is 1.38. The molecule has 0 aliphatic carbocycles. The number of nitrogens with one attached hydrogen (secondary N) is 1. The van der Waals surface area contributed by atoms with Gasteiger partial charge in [0.1, 0.15) is 6.04 Å². The SMILES string of the molecule is NC(CNC(CO)CO)C(=O)O. The van der Waals surface area contributed by atoms with Gasteiger partial charge in [-0.1, -0.05) is 0 Å². The number of carbonyl (C=O) groups is 1. The Kier molecular flexibility index (Phi) is 5.56. The van der Waals surface area contributed by atoms with Crippen molar-refractivity contribution >= 4 is 5.97 Å². The third kappa shape index (κ3) is 4.24. The molecule has 1 atom stereocenters. The van der Waals surface area contributed by atoms with E-state index in [-0.39, 0.29) is 19.8 Å². The van der Waals surface area contributed by atoms with Crippen molar-refractivity contribution in [3.8, 4) is 0 Å². The summed E-state index contributed by atoms with van der Waals surface area (Å²) in [7, 11) is 0. The van der Waals surface area contributed by atoms with Crippen LogP contribution in [0.3, 0.4) is 0 Å². The fourth-order valence-electron chi connectivity index (χ4n) is 0.568. The third-order valence-electron chi connectivity index (χ3n) is 1.38. The molecule has 0 saturated heterocycles. The van der Waals surface area contributed by atoms with Crippen LogP contribution in [0.15, 0.2) is 0 Å². The van der Waals surface area contributed by atoms with Crippen molar-refractivity contribution in [3.05, 3.63) is 0 Å². The minimum atomic E-state index is -1.11. The van der Waals surface area contributed by atoms with E-state index in [0.29, 0.717) is 0 Å². The highest BCUT2D eigenvalue weighted by atomic mass is 16.4. The summed E-state index contributed by atoms with van der Waals surface area (Å²) in [5.41, 5.74) is 5.15. The predicted molar refractivity (Wildman–Crippen MR) is 41.6 cm³/mol. The van der Waals surface area contributed by atoms with Crippen molar-refractivity contribution < 1.29 is 20.1 Å². The summed E-state index contributed by atoms with van der Waals surface area (Å²) in [4.78, 5) is 10.2. The Morgan fingerprint density at radius 2 is 1.92 bits per heavy atom. The summed E-state index contributed by atoms with van der Waals surface area (Å²) >= 11 is 0. The molecule has 0 aromatic rings. The van der Waals surface area contributed by atoms with Crippen LogP contribution in [0.5, 0.6) is 0 Å². The molecule has 0 aromatic carbocycles. The second-order valence-corrected chi connectivity index (χ2v) is 2.42. The van der Waals surface area contributed by atoms with E-state index < -0.39 is 18.1 Å². The van der Waals surface area contributed by atoms with Gasteiger partial charge in [0.2, 0.25) is 0 Å². The Hall–Kier alpha value is -0.690. The van der Waals surface area contributed by atoms with Crippen LogP contribution in [0.1, 0.15) is 0 Å². The first-order chi connectivity index (χ1) is 5.61. The molecule has 72 valence electrons. The van der Waals surface area contributed by atoms with E-state index in [2.05, 4.69) is 5.32 Å². The normalized spacial score (nSPS) is 13.3. The second-order valence-electron chi connectivity index (χ2n) is 2.42. The van der Waals surface area contributed by atoms with E-state index in [1.54, 1.807) is 0 Å². The predicted octanol–water partition coefficient (Wildman–Crippen LogP) is -2.66. The van der Waals surface area contributed by atoms with E-state index in [1.165, 1.54) is 0 Å². The number of aliphatic carboxylic acids is 1. The van der Waals surface area contributed by atoms with Crippen molar-refractivity contribution in [3.63, 3.8) is 0 Å². The smallest absolute Gasteiger partial charge is 0.321 e. The molecular formula is C6H14N2O4. The molecule has 0 amide bonds. The molecule has 0 rings (SSSR count). The van der Waals surface area contributed by atoms with E-state index in [1.807, 2.05) is 0 Å². The van der Waals surface area contributed by atoms with Crippen molar-refractivity contribution in [1.82, 2.24) is 5.32 Å². The minimum Gasteiger partial charge on any atom is -0.480 e. The van der Waals surface area contributed by atoms with Gasteiger partial charge in [-0.15, -0.1) is 0 Å². The maximum atomic E-state index is 10.2. The van der Waals surface area contributed by atoms with Gasteiger partial charge in [0.05, 0.1) is 19.3 Å². The largest absolute Gasteiger partial charge is 0.480 e. The highest BCUT2D eigenvalue weighted by Crippen LogP contribution is 1.81. The first kappa shape index (κ1) is 11.3. The number of aliphatic hydroxyl groups is 2. The Balaban J connectivity index is 3.58. The van der Waals surface area contributed by atoms with Crippen LogP contribution in [0.25, 0.3) is 0 Å². The van der Waals surface area contributed by atoms with Crippen LogP contribution in [-0.2, 0) is 4.79 Å². The number of hydrogen-bond acceptors (Lipinski definition) is 5. The second kappa shape index (κ2) is 5.90. The Morgan fingerprint density at radius 3 is 2.25 bits per heavy atom. The van der Waals surface area contributed by atoms with E-state index in [0.717, 1.165) is 0 Å². The molecule has 0 bridgehead atoms. The van der Waals surface area contributed by atoms with Crippen LogP contribution in [0, 0.1) is 0 Å². The van der Waals surface area contributed by atoms with Crippen LogP contribution >= 0.6 is 0 Å². The van der Waals surface area contributed by atoms with Gasteiger partial charge in [-0.05, 0) is 0 Å². The molecule has 0 spiro atoms. The summed E-state index contributed by atoms with van der Waals surface area (Å²) in [6.45, 7) is -0.465. The summed E-state index contributed by atoms with van der Waals surface area (Å²) in [6.07, 6.45) is 0. The number of carboxylic acids is 1. The molecule has 0 aliphatic rings. The molecule has 6 heteroatoms. The molecule has 0 radical (unpaired) electrons. The van der Waals surface area contributed by atoms with Crippen LogP contribution in [-0.4, -0.2) is 53.1 Å². The Bertz CT molecular complexity index is 138. The van der Waals surface area contributed by atoms with Gasteiger partial charge in [-0.2, -0.15) is 0 Å². The molecule has 6 N–H and O–H groups in total. The zero-order valence-corrected chi connectivity index (χ0v) is 6.60. The Morgan fingerprint density at radius 1 is 1.42 bits per heavy atom. The van der Waals surface area contributed by atoms with Crippen LogP contribution in [0.2, 0.25) is 0 Å². The molecule has 0 saturated carbocycles.